The Bertz CT molecular complexity index is 445. The first-order valence-corrected chi connectivity index (χ1v) is 5.60. The van der Waals surface area contributed by atoms with E-state index < -0.39 is 23.6 Å². The molecular weight excluding hydrogens is 236 g/mol. The summed E-state index contributed by atoms with van der Waals surface area (Å²) in [5, 5.41) is 3.95. The zero-order chi connectivity index (χ0) is 13.9. The first-order valence-electron chi connectivity index (χ1n) is 5.60. The van der Waals surface area contributed by atoms with E-state index in [9.17, 15) is 9.59 Å². The Morgan fingerprint density at radius 3 is 2.50 bits per heavy atom. The molecule has 0 saturated heterocycles. The van der Waals surface area contributed by atoms with E-state index in [0.717, 1.165) is 0 Å². The second-order valence-corrected chi connectivity index (χ2v) is 4.91. The highest BCUT2D eigenvalue weighted by Crippen LogP contribution is 2.15. The Balaban J connectivity index is 2.78. The van der Waals surface area contributed by atoms with Gasteiger partial charge in [0.15, 0.2) is 0 Å². The minimum Gasteiger partial charge on any atom is -0.465 e. The fourth-order valence-electron chi connectivity index (χ4n) is 1.27. The van der Waals surface area contributed by atoms with Crippen LogP contribution in [0.2, 0.25) is 0 Å². The van der Waals surface area contributed by atoms with E-state index in [2.05, 4.69) is 9.84 Å². The van der Waals surface area contributed by atoms with Crippen LogP contribution in [0.4, 0.5) is 0 Å². The summed E-state index contributed by atoms with van der Waals surface area (Å²) in [6.45, 7) is 7.03. The fraction of sp³-hybridized carbons (Fsp3) is 0.583. The minimum absolute atomic E-state index is 0.299. The van der Waals surface area contributed by atoms with Crippen LogP contribution in [0.15, 0.2) is 12.4 Å². The van der Waals surface area contributed by atoms with Gasteiger partial charge >= 0.3 is 11.9 Å². The van der Waals surface area contributed by atoms with Crippen LogP contribution in [0.25, 0.3) is 0 Å². The molecule has 0 radical (unpaired) electrons. The number of esters is 2. The summed E-state index contributed by atoms with van der Waals surface area (Å²) in [7, 11) is 1.29. The molecule has 1 heterocycles. The maximum Gasteiger partial charge on any atom is 0.341 e. The quantitative estimate of drug-likeness (QED) is 0.766. The van der Waals surface area contributed by atoms with Gasteiger partial charge in [0.05, 0.1) is 18.9 Å². The highest BCUT2D eigenvalue weighted by molar-refractivity contribution is 5.88. The predicted octanol–water partition coefficient (Wildman–Crippen LogP) is 1.57. The van der Waals surface area contributed by atoms with E-state index in [1.54, 1.807) is 27.7 Å². The Kier molecular flexibility index (Phi) is 4.11. The third kappa shape index (κ3) is 3.58. The van der Waals surface area contributed by atoms with E-state index in [-0.39, 0.29) is 0 Å². The number of rotatable bonds is 3. The molecule has 6 nitrogen and oxygen atoms in total. The minimum atomic E-state index is -0.595. The maximum atomic E-state index is 11.8. The van der Waals surface area contributed by atoms with Gasteiger partial charge in [0, 0.05) is 6.20 Å². The summed E-state index contributed by atoms with van der Waals surface area (Å²) in [6.07, 6.45) is 2.81. The Morgan fingerprint density at radius 1 is 1.39 bits per heavy atom. The zero-order valence-electron chi connectivity index (χ0n) is 11.3. The van der Waals surface area contributed by atoms with Crippen LogP contribution in [0, 0.1) is 0 Å². The molecule has 6 heteroatoms. The van der Waals surface area contributed by atoms with Gasteiger partial charge in [-0.3, -0.25) is 4.68 Å². The van der Waals surface area contributed by atoms with Crippen LogP contribution in [0.3, 0.4) is 0 Å². The smallest absolute Gasteiger partial charge is 0.341 e. The molecule has 0 fully saturated rings. The number of aromatic nitrogens is 2. The Labute approximate surface area is 106 Å². The van der Waals surface area contributed by atoms with Gasteiger partial charge in [0.25, 0.3) is 0 Å². The Morgan fingerprint density at radius 2 is 2.00 bits per heavy atom. The molecule has 0 aromatic carbocycles. The van der Waals surface area contributed by atoms with Crippen molar-refractivity contribution in [3.8, 4) is 0 Å². The molecular formula is C12H18N2O4. The number of nitrogens with zero attached hydrogens (tertiary/aromatic N) is 2. The first kappa shape index (κ1) is 14.2. The second-order valence-electron chi connectivity index (χ2n) is 4.91. The van der Waals surface area contributed by atoms with Crippen molar-refractivity contribution in [1.29, 1.82) is 0 Å². The van der Waals surface area contributed by atoms with Gasteiger partial charge in [-0.2, -0.15) is 5.10 Å². The largest absolute Gasteiger partial charge is 0.465 e. The van der Waals surface area contributed by atoms with Crippen LogP contribution in [-0.2, 0) is 14.3 Å². The van der Waals surface area contributed by atoms with E-state index >= 15 is 0 Å². The van der Waals surface area contributed by atoms with Crippen LogP contribution in [-0.4, -0.2) is 34.4 Å². The van der Waals surface area contributed by atoms with Gasteiger partial charge in [-0.15, -0.1) is 0 Å². The van der Waals surface area contributed by atoms with Crippen molar-refractivity contribution in [3.63, 3.8) is 0 Å². The SMILES string of the molecule is COC(=O)c1cnn(C(C)C(=O)OC(C)(C)C)c1. The number of ether oxygens (including phenoxy) is 2. The van der Waals surface area contributed by atoms with Crippen LogP contribution in [0.1, 0.15) is 44.1 Å². The lowest BCUT2D eigenvalue weighted by Crippen LogP contribution is -2.29. The number of hydrogen-bond donors (Lipinski definition) is 0. The third-order valence-corrected chi connectivity index (χ3v) is 2.17. The van der Waals surface area contributed by atoms with Crippen molar-refractivity contribution in [2.24, 2.45) is 0 Å². The summed E-state index contributed by atoms with van der Waals surface area (Å²) in [4.78, 5) is 23.1. The molecule has 18 heavy (non-hydrogen) atoms. The maximum absolute atomic E-state index is 11.8. The van der Waals surface area contributed by atoms with Gasteiger partial charge in [0.1, 0.15) is 11.6 Å². The van der Waals surface area contributed by atoms with Crippen molar-refractivity contribution < 1.29 is 19.1 Å². The Hall–Kier alpha value is -1.85. The summed E-state index contributed by atoms with van der Waals surface area (Å²) in [5.74, 6) is -0.889. The molecule has 1 unspecified atom stereocenters. The first-order chi connectivity index (χ1) is 8.24. The molecule has 0 aliphatic rings. The van der Waals surface area contributed by atoms with Gasteiger partial charge in [-0.1, -0.05) is 0 Å². The fourth-order valence-corrected chi connectivity index (χ4v) is 1.27. The van der Waals surface area contributed by atoms with E-state index in [1.807, 2.05) is 0 Å². The second kappa shape index (κ2) is 5.20. The van der Waals surface area contributed by atoms with Crippen molar-refractivity contribution in [3.05, 3.63) is 18.0 Å². The van der Waals surface area contributed by atoms with Crippen molar-refractivity contribution >= 4 is 11.9 Å². The molecule has 1 aromatic heterocycles. The average Bonchev–Trinajstić information content (AvgIpc) is 2.73. The van der Waals surface area contributed by atoms with Crippen molar-refractivity contribution in [2.75, 3.05) is 7.11 Å². The number of methoxy groups -OCH3 is 1. The van der Waals surface area contributed by atoms with Gasteiger partial charge in [-0.25, -0.2) is 9.59 Å². The lowest BCUT2D eigenvalue weighted by atomic mass is 10.2. The summed E-state index contributed by atoms with van der Waals surface area (Å²) < 4.78 is 11.2. The van der Waals surface area contributed by atoms with Crippen molar-refractivity contribution in [1.82, 2.24) is 9.78 Å². The van der Waals surface area contributed by atoms with Gasteiger partial charge in [0.2, 0.25) is 0 Å². The highest BCUT2D eigenvalue weighted by Gasteiger charge is 2.24. The molecule has 1 rings (SSSR count). The van der Waals surface area contributed by atoms with E-state index in [1.165, 1.54) is 24.2 Å². The van der Waals surface area contributed by atoms with Gasteiger partial charge < -0.3 is 9.47 Å². The molecule has 0 amide bonds. The van der Waals surface area contributed by atoms with E-state index in [0.29, 0.717) is 5.56 Å². The molecule has 100 valence electrons. The zero-order valence-corrected chi connectivity index (χ0v) is 11.3. The summed E-state index contributed by atoms with van der Waals surface area (Å²) in [5.41, 5.74) is -0.253. The molecule has 0 spiro atoms. The monoisotopic (exact) mass is 254 g/mol. The van der Waals surface area contributed by atoms with Crippen LogP contribution >= 0.6 is 0 Å². The highest BCUT2D eigenvalue weighted by atomic mass is 16.6. The topological polar surface area (TPSA) is 70.4 Å². The lowest BCUT2D eigenvalue weighted by molar-refractivity contribution is -0.158. The van der Waals surface area contributed by atoms with Crippen LogP contribution < -0.4 is 0 Å². The molecule has 0 saturated carbocycles. The van der Waals surface area contributed by atoms with E-state index in [4.69, 9.17) is 4.74 Å². The molecule has 0 bridgehead atoms. The molecule has 1 aromatic rings. The molecule has 0 aliphatic heterocycles. The standard InChI is InChI=1S/C12H18N2O4/c1-8(10(15)18-12(2,3)4)14-7-9(6-13-14)11(16)17-5/h6-8H,1-5H3. The van der Waals surface area contributed by atoms with Crippen molar-refractivity contribution in [2.45, 2.75) is 39.3 Å². The summed E-state index contributed by atoms with van der Waals surface area (Å²) >= 11 is 0. The predicted molar refractivity (Wildman–Crippen MR) is 64.1 cm³/mol. The normalized spacial score (nSPS) is 12.9. The van der Waals surface area contributed by atoms with Crippen LogP contribution in [0.5, 0.6) is 0 Å². The molecule has 1 atom stereocenters. The van der Waals surface area contributed by atoms with Gasteiger partial charge in [-0.05, 0) is 27.7 Å². The number of hydrogen-bond acceptors (Lipinski definition) is 5. The molecule has 0 N–H and O–H groups in total. The lowest BCUT2D eigenvalue weighted by Gasteiger charge is -2.22. The summed E-state index contributed by atoms with van der Waals surface area (Å²) in [6, 6.07) is -0.595. The average molecular weight is 254 g/mol. The number of carbonyl (C=O) groups is 2. The molecule has 0 aliphatic carbocycles. The number of carbonyl (C=O) groups excluding carboxylic acids is 2. The third-order valence-electron chi connectivity index (χ3n) is 2.17.